The van der Waals surface area contributed by atoms with E-state index in [0.717, 1.165) is 25.3 Å². The number of hydrogen-bond acceptors (Lipinski definition) is 2. The summed E-state index contributed by atoms with van der Waals surface area (Å²) in [5.74, 6) is 0.977. The van der Waals surface area contributed by atoms with Gasteiger partial charge in [-0.1, -0.05) is 19.1 Å². The zero-order chi connectivity index (χ0) is 12.1. The van der Waals surface area contributed by atoms with Gasteiger partial charge in [0, 0.05) is 12.1 Å². The Bertz CT molecular complexity index is 340. The van der Waals surface area contributed by atoms with Crippen molar-refractivity contribution in [2.75, 3.05) is 6.61 Å². The van der Waals surface area contributed by atoms with Gasteiger partial charge in [-0.2, -0.15) is 0 Å². The monoisotopic (exact) mass is 233 g/mol. The van der Waals surface area contributed by atoms with Crippen LogP contribution in [0.15, 0.2) is 24.3 Å². The Kier molecular flexibility index (Phi) is 4.06. The van der Waals surface area contributed by atoms with E-state index in [1.165, 1.54) is 24.8 Å². The van der Waals surface area contributed by atoms with E-state index in [1.807, 2.05) is 0 Å². The molecule has 94 valence electrons. The molecule has 0 bridgehead atoms. The van der Waals surface area contributed by atoms with Crippen LogP contribution in [0.25, 0.3) is 0 Å². The third-order valence-corrected chi connectivity index (χ3v) is 3.57. The topological polar surface area (TPSA) is 21.3 Å². The summed E-state index contributed by atoms with van der Waals surface area (Å²) < 4.78 is 5.57. The smallest absolute Gasteiger partial charge is 0.119 e. The maximum Gasteiger partial charge on any atom is 0.119 e. The maximum atomic E-state index is 5.57. The summed E-state index contributed by atoms with van der Waals surface area (Å²) in [6, 6.07) is 8.44. The molecule has 0 saturated heterocycles. The van der Waals surface area contributed by atoms with Crippen LogP contribution in [0, 0.1) is 0 Å². The molecule has 0 spiro atoms. The first kappa shape index (κ1) is 12.4. The molecule has 0 radical (unpaired) electrons. The normalized spacial score (nSPS) is 17.5. The van der Waals surface area contributed by atoms with Gasteiger partial charge in [-0.3, -0.25) is 0 Å². The Morgan fingerprint density at radius 1 is 1.24 bits per heavy atom. The fourth-order valence-corrected chi connectivity index (χ4v) is 2.12. The second kappa shape index (κ2) is 5.54. The molecule has 1 aliphatic rings. The third kappa shape index (κ3) is 3.47. The minimum Gasteiger partial charge on any atom is -0.494 e. The summed E-state index contributed by atoms with van der Waals surface area (Å²) in [4.78, 5) is 0. The number of hydrogen-bond donors (Lipinski definition) is 1. The zero-order valence-electron chi connectivity index (χ0n) is 11.0. The molecule has 0 atom stereocenters. The molecule has 0 aliphatic heterocycles. The second-order valence-electron chi connectivity index (χ2n) is 5.26. The quantitative estimate of drug-likeness (QED) is 0.812. The zero-order valence-corrected chi connectivity index (χ0v) is 11.0. The summed E-state index contributed by atoms with van der Waals surface area (Å²) >= 11 is 0. The molecule has 1 saturated carbocycles. The van der Waals surface area contributed by atoms with Gasteiger partial charge in [-0.05, 0) is 50.3 Å². The fraction of sp³-hybridized carbons (Fsp3) is 0.600. The number of nitrogens with one attached hydrogen (secondary N) is 1. The largest absolute Gasteiger partial charge is 0.494 e. The first-order valence-electron chi connectivity index (χ1n) is 6.69. The van der Waals surface area contributed by atoms with E-state index in [2.05, 4.69) is 43.4 Å². The predicted octanol–water partition coefficient (Wildman–Crippen LogP) is 3.51. The number of rotatable bonds is 6. The van der Waals surface area contributed by atoms with Gasteiger partial charge in [-0.15, -0.1) is 0 Å². The van der Waals surface area contributed by atoms with Crippen LogP contribution in [-0.4, -0.2) is 12.1 Å². The highest BCUT2D eigenvalue weighted by atomic mass is 16.5. The van der Waals surface area contributed by atoms with Crippen molar-refractivity contribution in [2.45, 2.75) is 51.6 Å². The summed E-state index contributed by atoms with van der Waals surface area (Å²) in [5, 5.41) is 3.63. The second-order valence-corrected chi connectivity index (χ2v) is 5.26. The van der Waals surface area contributed by atoms with Crippen LogP contribution in [-0.2, 0) is 6.54 Å². The average Bonchev–Trinajstić information content (AvgIpc) is 2.33. The lowest BCUT2D eigenvalue weighted by molar-refractivity contribution is 0.207. The molecule has 1 aromatic rings. The van der Waals surface area contributed by atoms with Crippen molar-refractivity contribution in [1.29, 1.82) is 0 Å². The van der Waals surface area contributed by atoms with Gasteiger partial charge in [0.15, 0.2) is 0 Å². The van der Waals surface area contributed by atoms with Gasteiger partial charge in [0.1, 0.15) is 5.75 Å². The van der Waals surface area contributed by atoms with E-state index in [1.54, 1.807) is 0 Å². The van der Waals surface area contributed by atoms with Crippen molar-refractivity contribution >= 4 is 0 Å². The van der Waals surface area contributed by atoms with Crippen LogP contribution in [0.5, 0.6) is 5.75 Å². The van der Waals surface area contributed by atoms with Gasteiger partial charge in [0.05, 0.1) is 6.61 Å². The van der Waals surface area contributed by atoms with Crippen LogP contribution >= 0.6 is 0 Å². The highest BCUT2D eigenvalue weighted by molar-refractivity contribution is 5.27. The van der Waals surface area contributed by atoms with Crippen LogP contribution in [0.3, 0.4) is 0 Å². The Hall–Kier alpha value is -1.02. The van der Waals surface area contributed by atoms with Crippen LogP contribution in [0.2, 0.25) is 0 Å². The highest BCUT2D eigenvalue weighted by Gasteiger charge is 2.30. The minimum atomic E-state index is 0.386. The fourth-order valence-electron chi connectivity index (χ4n) is 2.12. The Labute approximate surface area is 104 Å². The van der Waals surface area contributed by atoms with Crippen molar-refractivity contribution in [3.05, 3.63) is 29.8 Å². The number of benzene rings is 1. The van der Waals surface area contributed by atoms with E-state index >= 15 is 0 Å². The van der Waals surface area contributed by atoms with E-state index in [4.69, 9.17) is 4.74 Å². The molecule has 2 rings (SSSR count). The molecule has 2 heteroatoms. The van der Waals surface area contributed by atoms with Gasteiger partial charge in [0.2, 0.25) is 0 Å². The molecule has 1 fully saturated rings. The Morgan fingerprint density at radius 3 is 2.47 bits per heavy atom. The maximum absolute atomic E-state index is 5.57. The molecule has 1 aliphatic carbocycles. The van der Waals surface area contributed by atoms with Gasteiger partial charge in [0.25, 0.3) is 0 Å². The van der Waals surface area contributed by atoms with Crippen molar-refractivity contribution in [2.24, 2.45) is 0 Å². The highest BCUT2D eigenvalue weighted by Crippen LogP contribution is 2.31. The summed E-state index contributed by atoms with van der Waals surface area (Å²) in [6.45, 7) is 6.20. The van der Waals surface area contributed by atoms with E-state index in [0.29, 0.717) is 5.54 Å². The van der Waals surface area contributed by atoms with Crippen LogP contribution < -0.4 is 10.1 Å². The van der Waals surface area contributed by atoms with Gasteiger partial charge in [-0.25, -0.2) is 0 Å². The van der Waals surface area contributed by atoms with Crippen molar-refractivity contribution in [3.8, 4) is 5.75 Å². The minimum absolute atomic E-state index is 0.386. The first-order chi connectivity index (χ1) is 8.22. The predicted molar refractivity (Wildman–Crippen MR) is 71.3 cm³/mol. The lowest BCUT2D eigenvalue weighted by Crippen LogP contribution is -2.47. The summed E-state index contributed by atoms with van der Waals surface area (Å²) in [7, 11) is 0. The molecule has 0 unspecified atom stereocenters. The number of ether oxygens (including phenoxy) is 1. The molecule has 2 nitrogen and oxygen atoms in total. The molecule has 0 aromatic heterocycles. The van der Waals surface area contributed by atoms with Gasteiger partial charge < -0.3 is 10.1 Å². The SMILES string of the molecule is CCCOc1ccc(CNC2(C)CCC2)cc1. The van der Waals surface area contributed by atoms with E-state index in [9.17, 15) is 0 Å². The van der Waals surface area contributed by atoms with Gasteiger partial charge >= 0.3 is 0 Å². The molecule has 1 N–H and O–H groups in total. The van der Waals surface area contributed by atoms with Crippen molar-refractivity contribution in [1.82, 2.24) is 5.32 Å². The molecule has 0 heterocycles. The molecule has 0 amide bonds. The van der Waals surface area contributed by atoms with Crippen LogP contribution in [0.1, 0.15) is 45.1 Å². The third-order valence-electron chi connectivity index (χ3n) is 3.57. The van der Waals surface area contributed by atoms with E-state index < -0.39 is 0 Å². The standard InChI is InChI=1S/C15H23NO/c1-3-11-17-14-7-5-13(6-8-14)12-16-15(2)9-4-10-15/h5-8,16H,3-4,9-12H2,1-2H3. The summed E-state index contributed by atoms with van der Waals surface area (Å²) in [6.07, 6.45) is 5.05. The average molecular weight is 233 g/mol. The van der Waals surface area contributed by atoms with Crippen molar-refractivity contribution in [3.63, 3.8) is 0 Å². The molecule has 1 aromatic carbocycles. The Morgan fingerprint density at radius 2 is 1.94 bits per heavy atom. The van der Waals surface area contributed by atoms with Crippen molar-refractivity contribution < 1.29 is 4.74 Å². The lowest BCUT2D eigenvalue weighted by atomic mass is 9.78. The van der Waals surface area contributed by atoms with E-state index in [-0.39, 0.29) is 0 Å². The van der Waals surface area contributed by atoms with Crippen LogP contribution in [0.4, 0.5) is 0 Å². The summed E-state index contributed by atoms with van der Waals surface area (Å²) in [5.41, 5.74) is 1.72. The molecular weight excluding hydrogens is 210 g/mol. The first-order valence-corrected chi connectivity index (χ1v) is 6.69. The Balaban J connectivity index is 1.81. The lowest BCUT2D eigenvalue weighted by Gasteiger charge is -2.39. The molecular formula is C15H23NO. The molecule has 17 heavy (non-hydrogen) atoms.